The predicted molar refractivity (Wildman–Crippen MR) is 95.2 cm³/mol. The van der Waals surface area contributed by atoms with Gasteiger partial charge in [-0.2, -0.15) is 0 Å². The van der Waals surface area contributed by atoms with Gasteiger partial charge < -0.3 is 15.1 Å². The largest absolute Gasteiger partial charge is 0.343 e. The SMILES string of the molecule is CCN(CC)C(=O)[C@@H]1CCCN(C(=O)Nc2ccc(Cl)nc2C)C1. The zero-order valence-corrected chi connectivity index (χ0v) is 15.3. The number of pyridine rings is 1. The number of urea groups is 1. The monoisotopic (exact) mass is 352 g/mol. The van der Waals surface area contributed by atoms with Crippen molar-refractivity contribution in [3.8, 4) is 0 Å². The summed E-state index contributed by atoms with van der Waals surface area (Å²) in [6.07, 6.45) is 1.67. The van der Waals surface area contributed by atoms with E-state index in [-0.39, 0.29) is 17.9 Å². The van der Waals surface area contributed by atoms with Gasteiger partial charge in [-0.15, -0.1) is 0 Å². The molecule has 1 aromatic rings. The van der Waals surface area contributed by atoms with Crippen LogP contribution in [0.1, 0.15) is 32.4 Å². The molecule has 1 atom stereocenters. The molecule has 0 aliphatic carbocycles. The number of rotatable bonds is 4. The van der Waals surface area contributed by atoms with Crippen LogP contribution in [0.15, 0.2) is 12.1 Å². The van der Waals surface area contributed by atoms with E-state index >= 15 is 0 Å². The number of likely N-dealkylation sites (tertiary alicyclic amines) is 1. The number of halogens is 1. The lowest BCUT2D eigenvalue weighted by Crippen LogP contribution is -2.48. The molecule has 1 aliphatic heterocycles. The fourth-order valence-electron chi connectivity index (χ4n) is 3.01. The molecule has 6 nitrogen and oxygen atoms in total. The number of aryl methyl sites for hydroxylation is 1. The van der Waals surface area contributed by atoms with Gasteiger partial charge in [-0.1, -0.05) is 11.6 Å². The highest BCUT2D eigenvalue weighted by Crippen LogP contribution is 2.21. The minimum Gasteiger partial charge on any atom is -0.343 e. The van der Waals surface area contributed by atoms with Crippen molar-refractivity contribution in [3.63, 3.8) is 0 Å². The van der Waals surface area contributed by atoms with Gasteiger partial charge in [0.25, 0.3) is 0 Å². The zero-order valence-electron chi connectivity index (χ0n) is 14.5. The number of carbonyl (C=O) groups is 2. The van der Waals surface area contributed by atoms with E-state index in [4.69, 9.17) is 11.6 Å². The van der Waals surface area contributed by atoms with Crippen molar-refractivity contribution in [3.05, 3.63) is 23.0 Å². The molecule has 1 N–H and O–H groups in total. The molecule has 1 fully saturated rings. The lowest BCUT2D eigenvalue weighted by Gasteiger charge is -2.34. The fourth-order valence-corrected chi connectivity index (χ4v) is 3.20. The van der Waals surface area contributed by atoms with Crippen LogP contribution in [0.4, 0.5) is 10.5 Å². The molecule has 0 aromatic carbocycles. The summed E-state index contributed by atoms with van der Waals surface area (Å²) in [5.41, 5.74) is 1.31. The molecular weight excluding hydrogens is 328 g/mol. The van der Waals surface area contributed by atoms with Gasteiger partial charge in [-0.3, -0.25) is 4.79 Å². The van der Waals surface area contributed by atoms with Crippen LogP contribution in [-0.4, -0.2) is 52.9 Å². The molecule has 1 aromatic heterocycles. The number of amides is 3. The van der Waals surface area contributed by atoms with Crippen LogP contribution in [0.5, 0.6) is 0 Å². The second-order valence-electron chi connectivity index (χ2n) is 5.99. The number of hydrogen-bond acceptors (Lipinski definition) is 3. The Morgan fingerprint density at radius 1 is 1.38 bits per heavy atom. The topological polar surface area (TPSA) is 65.5 Å². The lowest BCUT2D eigenvalue weighted by atomic mass is 9.96. The molecule has 3 amide bonds. The molecule has 132 valence electrons. The number of nitrogens with zero attached hydrogens (tertiary/aromatic N) is 3. The van der Waals surface area contributed by atoms with Crippen molar-refractivity contribution >= 4 is 29.2 Å². The number of aromatic nitrogens is 1. The van der Waals surface area contributed by atoms with E-state index < -0.39 is 0 Å². The Labute approximate surface area is 148 Å². The molecule has 1 aliphatic rings. The fraction of sp³-hybridized carbons (Fsp3) is 0.588. The number of nitrogens with one attached hydrogen (secondary N) is 1. The molecule has 0 bridgehead atoms. The highest BCUT2D eigenvalue weighted by Gasteiger charge is 2.30. The van der Waals surface area contributed by atoms with E-state index in [9.17, 15) is 9.59 Å². The number of piperidine rings is 1. The maximum atomic E-state index is 12.5. The normalized spacial score (nSPS) is 17.5. The molecule has 0 radical (unpaired) electrons. The average molecular weight is 353 g/mol. The standard InChI is InChI=1S/C17H25ClN4O2/c1-4-21(5-2)16(23)13-7-6-10-22(11-13)17(24)20-14-8-9-15(18)19-12(14)3/h8-9,13H,4-7,10-11H2,1-3H3,(H,20,24)/t13-/m1/s1. The minimum absolute atomic E-state index is 0.117. The van der Waals surface area contributed by atoms with Crippen molar-refractivity contribution in [2.45, 2.75) is 33.6 Å². The van der Waals surface area contributed by atoms with Crippen LogP contribution in [0.3, 0.4) is 0 Å². The third-order valence-corrected chi connectivity index (χ3v) is 4.64. The number of hydrogen-bond donors (Lipinski definition) is 1. The summed E-state index contributed by atoms with van der Waals surface area (Å²) in [4.78, 5) is 32.7. The Morgan fingerprint density at radius 3 is 2.71 bits per heavy atom. The van der Waals surface area contributed by atoms with E-state index in [1.807, 2.05) is 18.7 Å². The quantitative estimate of drug-likeness (QED) is 0.846. The van der Waals surface area contributed by atoms with E-state index in [2.05, 4.69) is 10.3 Å². The van der Waals surface area contributed by atoms with Gasteiger partial charge in [-0.05, 0) is 45.7 Å². The summed E-state index contributed by atoms with van der Waals surface area (Å²) in [6.45, 7) is 8.27. The van der Waals surface area contributed by atoms with Crippen LogP contribution in [0.25, 0.3) is 0 Å². The Bertz CT molecular complexity index is 604. The molecule has 2 rings (SSSR count). The van der Waals surface area contributed by atoms with Gasteiger partial charge in [0.05, 0.1) is 17.3 Å². The third kappa shape index (κ3) is 4.38. The van der Waals surface area contributed by atoms with Crippen LogP contribution < -0.4 is 5.32 Å². The third-order valence-electron chi connectivity index (χ3n) is 4.43. The van der Waals surface area contributed by atoms with Gasteiger partial charge in [0.2, 0.25) is 5.91 Å². The van der Waals surface area contributed by atoms with Gasteiger partial charge in [0.1, 0.15) is 5.15 Å². The first-order valence-corrected chi connectivity index (χ1v) is 8.81. The molecule has 0 spiro atoms. The Morgan fingerprint density at radius 2 is 2.08 bits per heavy atom. The summed E-state index contributed by atoms with van der Waals surface area (Å²) in [6, 6.07) is 3.19. The van der Waals surface area contributed by atoms with Crippen molar-refractivity contribution < 1.29 is 9.59 Å². The van der Waals surface area contributed by atoms with Crippen LogP contribution in [0.2, 0.25) is 5.15 Å². The summed E-state index contributed by atoms with van der Waals surface area (Å²) < 4.78 is 0. The molecule has 2 heterocycles. The molecule has 7 heteroatoms. The van der Waals surface area contributed by atoms with Crippen LogP contribution in [-0.2, 0) is 4.79 Å². The number of carbonyl (C=O) groups excluding carboxylic acids is 2. The summed E-state index contributed by atoms with van der Waals surface area (Å²) >= 11 is 5.84. The van der Waals surface area contributed by atoms with Crippen molar-refractivity contribution in [1.29, 1.82) is 0 Å². The van der Waals surface area contributed by atoms with E-state index in [0.29, 0.717) is 42.7 Å². The Balaban J connectivity index is 2.01. The molecule has 0 saturated carbocycles. The first-order valence-electron chi connectivity index (χ1n) is 8.44. The predicted octanol–water partition coefficient (Wildman–Crippen LogP) is 3.16. The first-order chi connectivity index (χ1) is 11.5. The average Bonchev–Trinajstić information content (AvgIpc) is 2.58. The maximum Gasteiger partial charge on any atom is 0.321 e. The van der Waals surface area contributed by atoms with Gasteiger partial charge in [-0.25, -0.2) is 9.78 Å². The highest BCUT2D eigenvalue weighted by atomic mass is 35.5. The van der Waals surface area contributed by atoms with E-state index in [0.717, 1.165) is 12.8 Å². The second kappa shape index (κ2) is 8.33. The van der Waals surface area contributed by atoms with Gasteiger partial charge in [0.15, 0.2) is 0 Å². The first kappa shape index (κ1) is 18.5. The minimum atomic E-state index is -0.195. The molecule has 1 saturated heterocycles. The second-order valence-corrected chi connectivity index (χ2v) is 6.38. The van der Waals surface area contributed by atoms with E-state index in [1.165, 1.54) is 0 Å². The maximum absolute atomic E-state index is 12.5. The Hall–Kier alpha value is -1.82. The van der Waals surface area contributed by atoms with Crippen molar-refractivity contribution in [2.75, 3.05) is 31.5 Å². The Kier molecular flexibility index (Phi) is 6.43. The molecule has 0 unspecified atom stereocenters. The smallest absolute Gasteiger partial charge is 0.321 e. The van der Waals surface area contributed by atoms with Gasteiger partial charge >= 0.3 is 6.03 Å². The van der Waals surface area contributed by atoms with E-state index in [1.54, 1.807) is 24.0 Å². The summed E-state index contributed by atoms with van der Waals surface area (Å²) in [7, 11) is 0. The summed E-state index contributed by atoms with van der Waals surface area (Å²) in [5, 5.41) is 3.26. The zero-order chi connectivity index (χ0) is 17.7. The lowest BCUT2D eigenvalue weighted by molar-refractivity contribution is -0.136. The van der Waals surface area contributed by atoms with Crippen molar-refractivity contribution in [2.24, 2.45) is 5.92 Å². The molecule has 24 heavy (non-hydrogen) atoms. The summed E-state index contributed by atoms with van der Waals surface area (Å²) in [5.74, 6) is 0.0238. The molecular formula is C17H25ClN4O2. The van der Waals surface area contributed by atoms with Crippen LogP contribution >= 0.6 is 11.6 Å². The van der Waals surface area contributed by atoms with Crippen LogP contribution in [0, 0.1) is 12.8 Å². The number of anilines is 1. The van der Waals surface area contributed by atoms with Crippen molar-refractivity contribution in [1.82, 2.24) is 14.8 Å². The highest BCUT2D eigenvalue weighted by molar-refractivity contribution is 6.29. The van der Waals surface area contributed by atoms with Gasteiger partial charge in [0, 0.05) is 26.2 Å².